The first-order valence-corrected chi connectivity index (χ1v) is 7.68. The quantitative estimate of drug-likeness (QED) is 0.224. The fourth-order valence-corrected chi connectivity index (χ4v) is 1.37. The van der Waals surface area contributed by atoms with Gasteiger partial charge in [-0.05, 0) is 19.9 Å². The minimum absolute atomic E-state index is 0.000426. The summed E-state index contributed by atoms with van der Waals surface area (Å²) >= 11 is 2.36. The van der Waals surface area contributed by atoms with E-state index in [0.29, 0.717) is 19.8 Å². The van der Waals surface area contributed by atoms with Crippen molar-refractivity contribution < 1.29 is 4.74 Å². The number of rotatable bonds is 8. The molecule has 19 heavy (non-hydrogen) atoms. The van der Waals surface area contributed by atoms with Crippen LogP contribution >= 0.6 is 22.6 Å². The summed E-state index contributed by atoms with van der Waals surface area (Å²) in [6.07, 6.45) is 3.62. The summed E-state index contributed by atoms with van der Waals surface area (Å²) in [5, 5.41) is 3.35. The van der Waals surface area contributed by atoms with Crippen molar-refractivity contribution in [2.24, 2.45) is 16.1 Å². The van der Waals surface area contributed by atoms with Crippen LogP contribution in [0.1, 0.15) is 34.6 Å². The van der Waals surface area contributed by atoms with Gasteiger partial charge in [-0.1, -0.05) is 43.4 Å². The monoisotopic (exact) mass is 381 g/mol. The van der Waals surface area contributed by atoms with Gasteiger partial charge >= 0.3 is 0 Å². The first kappa shape index (κ1) is 18.9. The van der Waals surface area contributed by atoms with Crippen LogP contribution in [0.3, 0.4) is 0 Å². The second-order valence-electron chi connectivity index (χ2n) is 5.94. The molecule has 0 amide bonds. The van der Waals surface area contributed by atoms with Crippen LogP contribution in [-0.2, 0) is 4.74 Å². The summed E-state index contributed by atoms with van der Waals surface area (Å²) in [5.74, 6) is 0. The molecule has 0 aliphatic carbocycles. The van der Waals surface area contributed by atoms with Gasteiger partial charge in [0, 0.05) is 23.9 Å². The summed E-state index contributed by atoms with van der Waals surface area (Å²) in [7, 11) is 0. The van der Waals surface area contributed by atoms with Crippen molar-refractivity contribution in [2.45, 2.75) is 38.2 Å². The maximum atomic E-state index is 5.90. The van der Waals surface area contributed by atoms with Crippen LogP contribution in [0.15, 0.2) is 16.8 Å². The molecule has 0 rings (SSSR count). The molecule has 0 spiro atoms. The Morgan fingerprint density at radius 2 is 1.89 bits per heavy atom. The van der Waals surface area contributed by atoms with E-state index in [0.717, 1.165) is 12.2 Å². The number of allylic oxidation sites excluding steroid dienone is 2. The molecule has 0 aliphatic heterocycles. The first-order chi connectivity index (χ1) is 8.63. The van der Waals surface area contributed by atoms with Crippen LogP contribution in [0.2, 0.25) is 0 Å². The standard InChI is InChI=1S/C14H28IN3O/c1-13(2,3)12(16)6-7-17-8-10-19-11-9-18-14(4,5)15/h6-7,18H,8-11,16H2,1-5H3. The Hall–Kier alpha value is -0.140. The maximum absolute atomic E-state index is 5.90. The largest absolute Gasteiger partial charge is 0.402 e. The SMILES string of the molecule is CC(C)(I)NCCOCCN=CC=C(N)C(C)(C)C. The number of nitrogens with one attached hydrogen (secondary N) is 1. The van der Waals surface area contributed by atoms with Crippen LogP contribution in [0.5, 0.6) is 0 Å². The van der Waals surface area contributed by atoms with Crippen molar-refractivity contribution >= 4 is 28.8 Å². The fourth-order valence-electron chi connectivity index (χ4n) is 1.10. The average molecular weight is 381 g/mol. The molecule has 112 valence electrons. The predicted molar refractivity (Wildman–Crippen MR) is 92.0 cm³/mol. The molecule has 3 N–H and O–H groups in total. The number of hydrogen-bond acceptors (Lipinski definition) is 4. The number of aliphatic imine (C=N–C) groups is 1. The third kappa shape index (κ3) is 12.6. The van der Waals surface area contributed by atoms with E-state index in [-0.39, 0.29) is 8.96 Å². The highest BCUT2D eigenvalue weighted by Crippen LogP contribution is 2.19. The molecule has 0 saturated heterocycles. The maximum Gasteiger partial charge on any atom is 0.0662 e. The number of alkyl halides is 1. The molecule has 0 bridgehead atoms. The van der Waals surface area contributed by atoms with Gasteiger partial charge in [-0.3, -0.25) is 4.99 Å². The van der Waals surface area contributed by atoms with Gasteiger partial charge in [0.2, 0.25) is 0 Å². The second-order valence-corrected chi connectivity index (χ2v) is 8.64. The lowest BCUT2D eigenvalue weighted by Crippen LogP contribution is -2.35. The molecule has 0 radical (unpaired) electrons. The highest BCUT2D eigenvalue weighted by Gasteiger charge is 2.12. The normalized spacial score (nSPS) is 14.3. The van der Waals surface area contributed by atoms with E-state index < -0.39 is 0 Å². The lowest BCUT2D eigenvalue weighted by molar-refractivity contribution is 0.141. The zero-order chi connectivity index (χ0) is 14.9. The zero-order valence-electron chi connectivity index (χ0n) is 12.8. The van der Waals surface area contributed by atoms with Gasteiger partial charge in [-0.15, -0.1) is 0 Å². The molecule has 0 aromatic carbocycles. The van der Waals surface area contributed by atoms with Crippen molar-refractivity contribution in [3.8, 4) is 0 Å². The number of nitrogens with two attached hydrogens (primary N) is 1. The molecular formula is C14H28IN3O. The van der Waals surface area contributed by atoms with Crippen LogP contribution in [0.4, 0.5) is 0 Å². The van der Waals surface area contributed by atoms with Crippen molar-refractivity contribution in [1.82, 2.24) is 5.32 Å². The zero-order valence-corrected chi connectivity index (χ0v) is 15.0. The Bertz CT molecular complexity index is 301. The summed E-state index contributed by atoms with van der Waals surface area (Å²) in [6.45, 7) is 13.4. The number of halogens is 1. The molecule has 5 heteroatoms. The molecule has 0 aromatic rings. The summed E-state index contributed by atoms with van der Waals surface area (Å²) in [4.78, 5) is 4.24. The lowest BCUT2D eigenvalue weighted by atomic mass is 9.92. The van der Waals surface area contributed by atoms with Crippen molar-refractivity contribution in [2.75, 3.05) is 26.3 Å². The van der Waals surface area contributed by atoms with Crippen LogP contribution in [-0.4, -0.2) is 36.1 Å². The molecule has 0 aromatic heterocycles. The minimum atomic E-state index is 0.000426. The molecule has 0 saturated carbocycles. The van der Waals surface area contributed by atoms with Gasteiger partial charge in [0.25, 0.3) is 0 Å². The van der Waals surface area contributed by atoms with E-state index in [1.165, 1.54) is 0 Å². The van der Waals surface area contributed by atoms with Crippen molar-refractivity contribution in [1.29, 1.82) is 0 Å². The summed E-state index contributed by atoms with van der Waals surface area (Å²) in [5.41, 5.74) is 6.74. The topological polar surface area (TPSA) is 59.6 Å². The average Bonchev–Trinajstić information content (AvgIpc) is 2.23. The van der Waals surface area contributed by atoms with E-state index in [2.05, 4.69) is 67.5 Å². The predicted octanol–water partition coefficient (Wildman–Crippen LogP) is 2.72. The summed E-state index contributed by atoms with van der Waals surface area (Å²) in [6, 6.07) is 0. The van der Waals surface area contributed by atoms with Gasteiger partial charge in [-0.2, -0.15) is 0 Å². The Morgan fingerprint density at radius 3 is 2.42 bits per heavy atom. The van der Waals surface area contributed by atoms with E-state index in [9.17, 15) is 0 Å². The first-order valence-electron chi connectivity index (χ1n) is 6.60. The minimum Gasteiger partial charge on any atom is -0.402 e. The number of hydrogen-bond donors (Lipinski definition) is 2. The van der Waals surface area contributed by atoms with Gasteiger partial charge in [0.05, 0.1) is 23.3 Å². The van der Waals surface area contributed by atoms with Gasteiger partial charge in [0.15, 0.2) is 0 Å². The van der Waals surface area contributed by atoms with Crippen molar-refractivity contribution in [3.05, 3.63) is 11.8 Å². The third-order valence-corrected chi connectivity index (χ3v) is 2.76. The molecule has 4 nitrogen and oxygen atoms in total. The molecular weight excluding hydrogens is 353 g/mol. The highest BCUT2D eigenvalue weighted by molar-refractivity contribution is 14.1. The Balaban J connectivity index is 3.60. The van der Waals surface area contributed by atoms with Gasteiger partial charge < -0.3 is 15.8 Å². The molecule has 0 heterocycles. The van der Waals surface area contributed by atoms with E-state index in [1.54, 1.807) is 6.21 Å². The lowest BCUT2D eigenvalue weighted by Gasteiger charge is -2.18. The molecule has 0 aliphatic rings. The smallest absolute Gasteiger partial charge is 0.0662 e. The fraction of sp³-hybridized carbons (Fsp3) is 0.786. The highest BCUT2D eigenvalue weighted by atomic mass is 127. The summed E-state index contributed by atoms with van der Waals surface area (Å²) < 4.78 is 5.59. The van der Waals surface area contributed by atoms with E-state index in [1.807, 2.05) is 6.08 Å². The van der Waals surface area contributed by atoms with Crippen LogP contribution in [0.25, 0.3) is 0 Å². The second kappa shape index (κ2) is 8.92. The van der Waals surface area contributed by atoms with Crippen LogP contribution in [0, 0.1) is 5.41 Å². The molecule has 0 atom stereocenters. The Kier molecular flexibility index (Phi) is 8.85. The van der Waals surface area contributed by atoms with E-state index >= 15 is 0 Å². The third-order valence-electron chi connectivity index (χ3n) is 2.38. The van der Waals surface area contributed by atoms with Crippen molar-refractivity contribution in [3.63, 3.8) is 0 Å². The number of ether oxygens (including phenoxy) is 1. The number of nitrogens with zero attached hydrogens (tertiary/aromatic N) is 1. The van der Waals surface area contributed by atoms with Gasteiger partial charge in [-0.25, -0.2) is 0 Å². The Morgan fingerprint density at radius 1 is 1.26 bits per heavy atom. The van der Waals surface area contributed by atoms with Crippen LogP contribution < -0.4 is 11.1 Å². The molecule has 0 unspecified atom stereocenters. The Labute approximate surface area is 131 Å². The van der Waals surface area contributed by atoms with E-state index in [4.69, 9.17) is 10.5 Å². The van der Waals surface area contributed by atoms with Gasteiger partial charge in [0.1, 0.15) is 0 Å². The molecule has 0 fully saturated rings.